The predicted octanol–water partition coefficient (Wildman–Crippen LogP) is 1.96. The summed E-state index contributed by atoms with van der Waals surface area (Å²) in [7, 11) is 0. The van der Waals surface area contributed by atoms with E-state index in [1.807, 2.05) is 6.20 Å². The molecule has 2 rings (SSSR count). The average Bonchev–Trinajstić information content (AvgIpc) is 2.94. The Morgan fingerprint density at radius 1 is 1.58 bits per heavy atom. The molecule has 1 fully saturated rings. The fraction of sp³-hybridized carbons (Fsp3) is 0.667. The molecule has 1 aliphatic rings. The maximum atomic E-state index is 9.21. The summed E-state index contributed by atoms with van der Waals surface area (Å²) >= 11 is 0. The molecular formula is C15H25N3O. The number of hydrogen-bond acceptors (Lipinski definition) is 4. The van der Waals surface area contributed by atoms with Crippen molar-refractivity contribution in [2.45, 2.75) is 32.7 Å². The molecule has 0 saturated carbocycles. The lowest BCUT2D eigenvalue weighted by atomic mass is 10.1. The van der Waals surface area contributed by atoms with Crippen LogP contribution in [0.15, 0.2) is 18.3 Å². The highest BCUT2D eigenvalue weighted by Gasteiger charge is 2.23. The van der Waals surface area contributed by atoms with E-state index in [0.717, 1.165) is 38.3 Å². The zero-order chi connectivity index (χ0) is 13.7. The predicted molar refractivity (Wildman–Crippen MR) is 78.4 cm³/mol. The third kappa shape index (κ3) is 3.67. The Hall–Kier alpha value is -1.13. The molecule has 1 aromatic rings. The van der Waals surface area contributed by atoms with E-state index in [1.165, 1.54) is 5.56 Å². The van der Waals surface area contributed by atoms with Gasteiger partial charge >= 0.3 is 0 Å². The normalized spacial score (nSPS) is 20.8. The van der Waals surface area contributed by atoms with Gasteiger partial charge in [0, 0.05) is 37.9 Å². The Labute approximate surface area is 115 Å². The van der Waals surface area contributed by atoms with E-state index in [-0.39, 0.29) is 6.61 Å². The van der Waals surface area contributed by atoms with E-state index >= 15 is 0 Å². The van der Waals surface area contributed by atoms with Gasteiger partial charge in [-0.1, -0.05) is 6.92 Å². The molecule has 0 bridgehead atoms. The van der Waals surface area contributed by atoms with Crippen LogP contribution >= 0.6 is 0 Å². The van der Waals surface area contributed by atoms with Crippen LogP contribution in [0.4, 0.5) is 5.82 Å². The molecule has 106 valence electrons. The van der Waals surface area contributed by atoms with Gasteiger partial charge in [-0.3, -0.25) is 0 Å². The van der Waals surface area contributed by atoms with Crippen LogP contribution in [-0.4, -0.2) is 36.3 Å². The second-order valence-electron chi connectivity index (χ2n) is 5.41. The number of nitrogens with one attached hydrogen (secondary N) is 1. The van der Waals surface area contributed by atoms with Crippen LogP contribution in [-0.2, 0) is 0 Å². The van der Waals surface area contributed by atoms with Gasteiger partial charge < -0.3 is 15.3 Å². The molecule has 1 aromatic heterocycles. The molecule has 0 radical (unpaired) electrons. The van der Waals surface area contributed by atoms with Gasteiger partial charge in [0.2, 0.25) is 0 Å². The van der Waals surface area contributed by atoms with Gasteiger partial charge in [-0.2, -0.15) is 0 Å². The second-order valence-corrected chi connectivity index (χ2v) is 5.41. The van der Waals surface area contributed by atoms with Crippen molar-refractivity contribution in [3.63, 3.8) is 0 Å². The summed E-state index contributed by atoms with van der Waals surface area (Å²) in [5.41, 5.74) is 1.28. The number of aliphatic hydroxyl groups excluding tert-OH is 1. The highest BCUT2D eigenvalue weighted by molar-refractivity contribution is 5.42. The molecule has 2 heterocycles. The molecule has 1 saturated heterocycles. The van der Waals surface area contributed by atoms with Gasteiger partial charge in [0.05, 0.1) is 0 Å². The molecule has 2 atom stereocenters. The highest BCUT2D eigenvalue weighted by Crippen LogP contribution is 2.24. The minimum Gasteiger partial charge on any atom is -0.396 e. The highest BCUT2D eigenvalue weighted by atomic mass is 16.3. The van der Waals surface area contributed by atoms with E-state index in [9.17, 15) is 5.11 Å². The van der Waals surface area contributed by atoms with Crippen molar-refractivity contribution in [1.82, 2.24) is 10.3 Å². The van der Waals surface area contributed by atoms with Crippen LogP contribution in [0.1, 0.15) is 38.3 Å². The lowest BCUT2D eigenvalue weighted by molar-refractivity contribution is 0.238. The van der Waals surface area contributed by atoms with Gasteiger partial charge in [0.1, 0.15) is 5.82 Å². The monoisotopic (exact) mass is 263 g/mol. The number of hydrogen-bond donors (Lipinski definition) is 2. The van der Waals surface area contributed by atoms with E-state index in [0.29, 0.717) is 12.0 Å². The van der Waals surface area contributed by atoms with Crippen molar-refractivity contribution in [3.8, 4) is 0 Å². The molecule has 2 N–H and O–H groups in total. The average molecular weight is 263 g/mol. The first-order valence-electron chi connectivity index (χ1n) is 7.29. The molecular weight excluding hydrogens is 238 g/mol. The maximum Gasteiger partial charge on any atom is 0.128 e. The van der Waals surface area contributed by atoms with Crippen molar-refractivity contribution in [2.24, 2.45) is 5.92 Å². The zero-order valence-electron chi connectivity index (χ0n) is 12.0. The number of anilines is 1. The molecule has 0 spiro atoms. The zero-order valence-corrected chi connectivity index (χ0v) is 12.0. The van der Waals surface area contributed by atoms with Crippen LogP contribution in [0.25, 0.3) is 0 Å². The standard InChI is InChI=1S/C15H25N3O/c1-3-6-16-12(2)14-4-7-17-15(9-14)18-8-5-13(10-18)11-19/h4,7,9,12-13,16,19H,3,5-6,8,10-11H2,1-2H3. The van der Waals surface area contributed by atoms with E-state index in [4.69, 9.17) is 0 Å². The number of rotatable bonds is 6. The van der Waals surface area contributed by atoms with Gasteiger partial charge in [-0.15, -0.1) is 0 Å². The Bertz CT molecular complexity index is 397. The van der Waals surface area contributed by atoms with E-state index in [2.05, 4.69) is 41.2 Å². The SMILES string of the molecule is CCCNC(C)c1ccnc(N2CCC(CO)C2)c1. The Kier molecular flexibility index (Phi) is 5.16. The third-order valence-corrected chi connectivity index (χ3v) is 3.84. The summed E-state index contributed by atoms with van der Waals surface area (Å²) in [4.78, 5) is 6.74. The van der Waals surface area contributed by atoms with Gasteiger partial charge in [-0.05, 0) is 44.0 Å². The van der Waals surface area contributed by atoms with Crippen LogP contribution in [0.3, 0.4) is 0 Å². The first-order chi connectivity index (χ1) is 9.24. The summed E-state index contributed by atoms with van der Waals surface area (Å²) in [5.74, 6) is 1.44. The molecule has 4 nitrogen and oxygen atoms in total. The second kappa shape index (κ2) is 6.87. The third-order valence-electron chi connectivity index (χ3n) is 3.84. The quantitative estimate of drug-likeness (QED) is 0.824. The number of aliphatic hydroxyl groups is 1. The molecule has 0 aromatic carbocycles. The largest absolute Gasteiger partial charge is 0.396 e. The lowest BCUT2D eigenvalue weighted by Crippen LogP contribution is -2.23. The summed E-state index contributed by atoms with van der Waals surface area (Å²) in [6.07, 6.45) is 4.10. The van der Waals surface area contributed by atoms with E-state index in [1.54, 1.807) is 0 Å². The summed E-state index contributed by atoms with van der Waals surface area (Å²) in [5, 5.41) is 12.7. The molecule has 0 aliphatic carbocycles. The van der Waals surface area contributed by atoms with E-state index < -0.39 is 0 Å². The minimum absolute atomic E-state index is 0.282. The van der Waals surface area contributed by atoms with Crippen LogP contribution in [0.5, 0.6) is 0 Å². The van der Waals surface area contributed by atoms with Crippen LogP contribution in [0.2, 0.25) is 0 Å². The first-order valence-corrected chi connectivity index (χ1v) is 7.29. The van der Waals surface area contributed by atoms with Crippen molar-refractivity contribution in [3.05, 3.63) is 23.9 Å². The van der Waals surface area contributed by atoms with Crippen molar-refractivity contribution >= 4 is 5.82 Å². The van der Waals surface area contributed by atoms with Gasteiger partial charge in [0.25, 0.3) is 0 Å². The number of pyridine rings is 1. The Morgan fingerprint density at radius 2 is 2.42 bits per heavy atom. The molecule has 19 heavy (non-hydrogen) atoms. The van der Waals surface area contributed by atoms with Gasteiger partial charge in [-0.25, -0.2) is 4.98 Å². The van der Waals surface area contributed by atoms with Gasteiger partial charge in [0.15, 0.2) is 0 Å². The van der Waals surface area contributed by atoms with Crippen molar-refractivity contribution in [1.29, 1.82) is 0 Å². The lowest BCUT2D eigenvalue weighted by Gasteiger charge is -2.20. The minimum atomic E-state index is 0.282. The molecule has 1 aliphatic heterocycles. The fourth-order valence-corrected chi connectivity index (χ4v) is 2.54. The van der Waals surface area contributed by atoms with Crippen LogP contribution in [0, 0.1) is 5.92 Å². The molecule has 0 amide bonds. The number of nitrogens with zero attached hydrogens (tertiary/aromatic N) is 2. The fourth-order valence-electron chi connectivity index (χ4n) is 2.54. The van der Waals surface area contributed by atoms with Crippen molar-refractivity contribution < 1.29 is 5.11 Å². The molecule has 2 unspecified atom stereocenters. The summed E-state index contributed by atoms with van der Waals surface area (Å²) < 4.78 is 0. The Balaban J connectivity index is 2.03. The first kappa shape index (κ1) is 14.3. The smallest absolute Gasteiger partial charge is 0.128 e. The summed E-state index contributed by atoms with van der Waals surface area (Å²) in [6.45, 7) is 7.61. The van der Waals surface area contributed by atoms with Crippen LogP contribution < -0.4 is 10.2 Å². The Morgan fingerprint density at radius 3 is 3.11 bits per heavy atom. The molecule has 4 heteroatoms. The topological polar surface area (TPSA) is 48.4 Å². The maximum absolute atomic E-state index is 9.21. The number of aromatic nitrogens is 1. The summed E-state index contributed by atoms with van der Waals surface area (Å²) in [6, 6.07) is 4.61. The van der Waals surface area contributed by atoms with Crippen molar-refractivity contribution in [2.75, 3.05) is 31.1 Å².